The summed E-state index contributed by atoms with van der Waals surface area (Å²) in [4.78, 5) is 38.0. The van der Waals surface area contributed by atoms with Crippen molar-refractivity contribution in [2.24, 2.45) is 17.8 Å². The number of carbonyl (C=O) groups is 3. The average Bonchev–Trinajstić information content (AvgIpc) is 2.88. The molecule has 0 unspecified atom stereocenters. The number of carboxylic acids is 1. The Labute approximate surface area is 254 Å². The molecule has 8 heteroatoms. The Hall–Kier alpha value is -2.20. The number of thioether (sulfide) groups is 1. The Kier molecular flexibility index (Phi) is 10.1. The molecule has 4 fully saturated rings. The van der Waals surface area contributed by atoms with Crippen LogP contribution in [0.25, 0.3) is 11.1 Å². The van der Waals surface area contributed by atoms with Crippen LogP contribution in [0.2, 0.25) is 0 Å². The molecule has 6 nitrogen and oxygen atoms in total. The minimum absolute atomic E-state index is 0. The van der Waals surface area contributed by atoms with Gasteiger partial charge in [0.15, 0.2) is 0 Å². The van der Waals surface area contributed by atoms with Crippen molar-refractivity contribution < 1.29 is 38.4 Å². The number of nitrogens with one attached hydrogen (secondary N) is 2. The quantitative estimate of drug-likeness (QED) is 0.408. The third-order valence-electron chi connectivity index (χ3n) is 9.05. The number of aliphatic carboxylic acids is 1. The summed E-state index contributed by atoms with van der Waals surface area (Å²) in [5, 5.41) is 17.8. The van der Waals surface area contributed by atoms with E-state index >= 15 is 0 Å². The third-order valence-corrected chi connectivity index (χ3v) is 9.69. The van der Waals surface area contributed by atoms with Crippen molar-refractivity contribution in [3.05, 3.63) is 59.2 Å². The first kappa shape index (κ1) is 30.7. The maximum absolute atomic E-state index is 13.3. The Morgan fingerprint density at radius 1 is 1.00 bits per heavy atom. The maximum Gasteiger partial charge on any atom is 1.00 e. The number of aryl methyl sites for hydroxylation is 2. The van der Waals surface area contributed by atoms with Crippen LogP contribution in [0.4, 0.5) is 0 Å². The summed E-state index contributed by atoms with van der Waals surface area (Å²) >= 11 is 1.52. The van der Waals surface area contributed by atoms with Gasteiger partial charge in [-0.2, -0.15) is 11.8 Å². The first-order valence-electron chi connectivity index (χ1n) is 14.3. The minimum atomic E-state index is -1.28. The predicted octanol–water partition coefficient (Wildman–Crippen LogP) is 1.29. The van der Waals surface area contributed by atoms with E-state index in [4.69, 9.17) is 0 Å². The van der Waals surface area contributed by atoms with Crippen molar-refractivity contribution in [3.63, 3.8) is 0 Å². The van der Waals surface area contributed by atoms with Gasteiger partial charge < -0.3 is 20.5 Å². The number of carbonyl (C=O) groups excluding carboxylic acids is 3. The van der Waals surface area contributed by atoms with E-state index in [1.54, 1.807) is 6.07 Å². The van der Waals surface area contributed by atoms with Crippen molar-refractivity contribution in [1.29, 1.82) is 0 Å². The molecule has 4 saturated carbocycles. The molecular weight excluding hydrogens is 515 g/mol. The van der Waals surface area contributed by atoms with Crippen LogP contribution in [0.15, 0.2) is 42.5 Å². The molecule has 0 aromatic heterocycles. The largest absolute Gasteiger partial charge is 1.00 e. The van der Waals surface area contributed by atoms with Crippen molar-refractivity contribution in [3.8, 4) is 11.1 Å². The smallest absolute Gasteiger partial charge is 0.548 e. The van der Waals surface area contributed by atoms with E-state index in [0.29, 0.717) is 30.6 Å². The van der Waals surface area contributed by atoms with Gasteiger partial charge in [0.2, 0.25) is 5.91 Å². The molecule has 208 valence electrons. The second-order valence-electron chi connectivity index (χ2n) is 12.1. The van der Waals surface area contributed by atoms with Gasteiger partial charge in [0.1, 0.15) is 0 Å². The predicted molar refractivity (Wildman–Crippen MR) is 153 cm³/mol. The van der Waals surface area contributed by atoms with Crippen molar-refractivity contribution in [1.82, 2.24) is 10.6 Å². The van der Waals surface area contributed by atoms with E-state index in [1.165, 1.54) is 31.0 Å². The number of benzene rings is 2. The molecule has 4 bridgehead atoms. The molecule has 0 spiro atoms. The van der Waals surface area contributed by atoms with Gasteiger partial charge in [-0.15, -0.1) is 0 Å². The summed E-state index contributed by atoms with van der Waals surface area (Å²) in [6.45, 7) is 1.99. The number of hydrogen-bond donors (Lipinski definition) is 2. The molecule has 2 amide bonds. The summed E-state index contributed by atoms with van der Waals surface area (Å²) in [5.41, 5.74) is 4.07. The zero-order valence-electron chi connectivity index (χ0n) is 24.0. The third kappa shape index (κ3) is 6.98. The SMILES string of the molecule is CSCC[C@H](NC(=O)c1ccc(CCC(=O)NC23CC4CC(CC(C4)C2)C3)cc1-c1ccccc1C)C(=O)[O-].[Li+]. The first-order chi connectivity index (χ1) is 18.7. The minimum Gasteiger partial charge on any atom is -0.548 e. The summed E-state index contributed by atoms with van der Waals surface area (Å²) in [5.74, 6) is 1.35. The Bertz CT molecular complexity index is 1210. The number of rotatable bonds is 11. The van der Waals surface area contributed by atoms with Crippen molar-refractivity contribution in [2.75, 3.05) is 12.0 Å². The van der Waals surface area contributed by atoms with E-state index in [0.717, 1.165) is 59.3 Å². The zero-order valence-corrected chi connectivity index (χ0v) is 24.8. The normalized spacial score (nSPS) is 25.1. The van der Waals surface area contributed by atoms with Gasteiger partial charge in [0.05, 0.1) is 12.0 Å². The summed E-state index contributed by atoms with van der Waals surface area (Å²) in [6.07, 6.45) is 10.6. The van der Waals surface area contributed by atoms with Crippen LogP contribution in [0.3, 0.4) is 0 Å². The van der Waals surface area contributed by atoms with Crippen molar-refractivity contribution >= 4 is 29.5 Å². The van der Waals surface area contributed by atoms with Crippen molar-refractivity contribution in [2.45, 2.75) is 76.3 Å². The monoisotopic (exact) mass is 554 g/mol. The van der Waals surface area contributed by atoms with E-state index in [-0.39, 0.29) is 30.3 Å². The van der Waals surface area contributed by atoms with Gasteiger partial charge >= 0.3 is 18.9 Å². The van der Waals surface area contributed by atoms with Crippen LogP contribution in [0.1, 0.15) is 72.9 Å². The van der Waals surface area contributed by atoms with Gasteiger partial charge in [0.25, 0.3) is 5.91 Å². The fraction of sp³-hybridized carbons (Fsp3) is 0.531. The number of hydrogen-bond acceptors (Lipinski definition) is 5. The van der Waals surface area contributed by atoms with Crippen LogP contribution < -0.4 is 34.6 Å². The molecule has 0 aliphatic heterocycles. The molecule has 1 atom stereocenters. The van der Waals surface area contributed by atoms with Crippen LogP contribution in [0, 0.1) is 24.7 Å². The zero-order chi connectivity index (χ0) is 27.6. The average molecular weight is 555 g/mol. The van der Waals surface area contributed by atoms with Crippen LogP contribution in [0.5, 0.6) is 0 Å². The molecule has 0 saturated heterocycles. The fourth-order valence-corrected chi connectivity index (χ4v) is 8.11. The molecule has 4 aliphatic rings. The van der Waals surface area contributed by atoms with E-state index in [9.17, 15) is 19.5 Å². The summed E-state index contributed by atoms with van der Waals surface area (Å²) in [6, 6.07) is 12.4. The first-order valence-corrected chi connectivity index (χ1v) is 15.7. The topological polar surface area (TPSA) is 98.3 Å². The van der Waals surface area contributed by atoms with Gasteiger partial charge in [-0.3, -0.25) is 9.59 Å². The van der Waals surface area contributed by atoms with E-state index < -0.39 is 17.9 Å². The molecule has 2 N–H and O–H groups in total. The van der Waals surface area contributed by atoms with Crippen LogP contribution in [-0.4, -0.2) is 41.4 Å². The van der Waals surface area contributed by atoms with Crippen LogP contribution >= 0.6 is 11.8 Å². The molecule has 40 heavy (non-hydrogen) atoms. The number of amides is 2. The molecular formula is C32H39LiN2O4S. The van der Waals surface area contributed by atoms with Gasteiger partial charge in [-0.25, -0.2) is 0 Å². The Morgan fingerprint density at radius 3 is 2.25 bits per heavy atom. The van der Waals surface area contributed by atoms with Gasteiger partial charge in [-0.1, -0.05) is 36.4 Å². The molecule has 2 aromatic rings. The van der Waals surface area contributed by atoms with E-state index in [1.807, 2.05) is 49.6 Å². The summed E-state index contributed by atoms with van der Waals surface area (Å²) < 4.78 is 0. The fourth-order valence-electron chi connectivity index (χ4n) is 7.64. The second kappa shape index (κ2) is 13.2. The molecule has 2 aromatic carbocycles. The molecule has 0 heterocycles. The van der Waals surface area contributed by atoms with E-state index in [2.05, 4.69) is 10.6 Å². The van der Waals surface area contributed by atoms with Crippen LogP contribution in [-0.2, 0) is 16.0 Å². The molecule has 6 rings (SSSR count). The molecule has 4 aliphatic carbocycles. The Balaban J connectivity index is 0.00000370. The van der Waals surface area contributed by atoms with Gasteiger partial charge in [-0.05, 0) is 116 Å². The molecule has 0 radical (unpaired) electrons. The Morgan fingerprint density at radius 2 is 1.65 bits per heavy atom. The summed E-state index contributed by atoms with van der Waals surface area (Å²) in [7, 11) is 0. The standard InChI is InChI=1S/C32H40N2O4S.Li/c1-20-5-3-4-6-25(20)27-16-21(7-9-26(27)30(36)33-28(31(37)38)11-12-39-2)8-10-29(35)34-32-17-22-13-23(18-32)15-24(14-22)19-32;/h3-7,9,16,22-24,28H,8,10-15,17-19H2,1-2H3,(H,33,36)(H,34,35)(H,37,38);/q;+1/p-1/t22?,23?,24?,28-,32?;/m0./s1. The maximum atomic E-state index is 13.3. The van der Waals surface area contributed by atoms with Gasteiger partial charge in [0, 0.05) is 17.5 Å². The number of carboxylic acid groups (broad SMARTS) is 1. The second-order valence-corrected chi connectivity index (χ2v) is 13.1.